The van der Waals surface area contributed by atoms with Crippen molar-refractivity contribution in [2.75, 3.05) is 0 Å². The summed E-state index contributed by atoms with van der Waals surface area (Å²) >= 11 is 0. The molecule has 6 N–H and O–H groups in total. The van der Waals surface area contributed by atoms with Gasteiger partial charge < -0.3 is 52.9 Å². The number of halogens is 3. The first-order chi connectivity index (χ1) is 54.3. The van der Waals surface area contributed by atoms with Crippen LogP contribution in [0.4, 0.5) is 13.2 Å². The van der Waals surface area contributed by atoms with Crippen LogP contribution in [0.15, 0.2) is 148 Å². The predicted octanol–water partition coefficient (Wildman–Crippen LogP) is 18.6. The number of imidazole rings is 5. The number of benzene rings is 1. The Morgan fingerprint density at radius 1 is 0.387 bits per heavy atom. The fraction of sp³-hybridized carbons (Fsp3) is 0.538. The molecule has 2 bridgehead atoms. The molecule has 17 nitrogen and oxygen atoms in total. The smallest absolute Gasteiger partial charge is 0.251 e. The molecule has 1 amide bonds. The molecule has 23 rings (SSSR count). The largest absolute Gasteiger partial charge is 0.388 e. The van der Waals surface area contributed by atoms with Crippen molar-refractivity contribution >= 4 is 33.5 Å². The highest BCUT2D eigenvalue weighted by Crippen LogP contribution is 2.55. The average Bonchev–Trinajstić information content (AvgIpc) is 1.65. The number of carbonyl (C=O) groups excluding carboxylic acids is 1. The SMILES string of the molecule is O=C(NC1CC1)c1cccc(C(O)c2c(C3CC3)ccn3cncc23)c1.OC(c1c(C2CC2)ccn2cncc12)C1CC2CCC1CC2.OC(c1c([C@H]2C[C@@H]2F)ccn2cncc12)C1CCCCC1.OC(c1c([C@H]2C[C@H]2F)ccn2cncc12)C1CCCCC1.OC(c1c([C@H]2C[C@H]2F)ccn2cncc12)C1CCCCC1. The van der Waals surface area contributed by atoms with Crippen molar-refractivity contribution in [1.29, 1.82) is 0 Å². The Kier molecular flexibility index (Phi) is 21.3. The van der Waals surface area contributed by atoms with Gasteiger partial charge in [-0.05, 0) is 239 Å². The van der Waals surface area contributed by atoms with Crippen LogP contribution in [0.25, 0.3) is 27.6 Å². The van der Waals surface area contributed by atoms with Crippen LogP contribution < -0.4 is 5.32 Å². The quantitative estimate of drug-likeness (QED) is 0.0504. The molecule has 0 spiro atoms. The summed E-state index contributed by atoms with van der Waals surface area (Å²) < 4.78 is 50.5. The zero-order valence-electron chi connectivity index (χ0n) is 63.7. The number of aromatic nitrogens is 10. The van der Waals surface area contributed by atoms with Crippen molar-refractivity contribution in [3.8, 4) is 0 Å². The molecular weight excluding hydrogens is 1400 g/mol. The Morgan fingerprint density at radius 2 is 0.730 bits per heavy atom. The molecule has 6 unspecified atom stereocenters. The molecule has 10 aromatic heterocycles. The van der Waals surface area contributed by atoms with Crippen LogP contribution in [0.3, 0.4) is 0 Å². The van der Waals surface area contributed by atoms with Gasteiger partial charge in [0, 0.05) is 88.2 Å². The van der Waals surface area contributed by atoms with E-state index >= 15 is 0 Å². The van der Waals surface area contributed by atoms with E-state index in [-0.39, 0.29) is 29.8 Å². The highest BCUT2D eigenvalue weighted by Gasteiger charge is 2.46. The summed E-state index contributed by atoms with van der Waals surface area (Å²) in [6.45, 7) is 0. The first-order valence-corrected chi connectivity index (χ1v) is 42.2. The van der Waals surface area contributed by atoms with Crippen LogP contribution >= 0.6 is 0 Å². The van der Waals surface area contributed by atoms with E-state index in [1.807, 2.05) is 85.2 Å². The minimum absolute atomic E-state index is 0.0295. The van der Waals surface area contributed by atoms with E-state index in [2.05, 4.69) is 53.0 Å². The molecule has 12 aliphatic carbocycles. The number of amides is 1. The maximum absolute atomic E-state index is 13.6. The van der Waals surface area contributed by atoms with Gasteiger partial charge >= 0.3 is 0 Å². The summed E-state index contributed by atoms with van der Waals surface area (Å²) in [5.74, 6) is 3.99. The van der Waals surface area contributed by atoms with Crippen molar-refractivity contribution in [3.05, 3.63) is 215 Å². The number of fused-ring (bicyclic) bond motifs is 8. The molecule has 0 saturated heterocycles. The second kappa shape index (κ2) is 32.0. The van der Waals surface area contributed by atoms with Gasteiger partial charge in [-0.2, -0.15) is 0 Å². The third kappa shape index (κ3) is 15.7. The maximum atomic E-state index is 13.6. The third-order valence-electron chi connectivity index (χ3n) is 27.3. The number of hydrogen-bond acceptors (Lipinski definition) is 11. The summed E-state index contributed by atoms with van der Waals surface area (Å²) in [5, 5.41) is 58.3. The van der Waals surface area contributed by atoms with E-state index in [4.69, 9.17) is 0 Å². The first-order valence-electron chi connectivity index (χ1n) is 42.2. The van der Waals surface area contributed by atoms with Gasteiger partial charge in [-0.3, -0.25) is 4.79 Å². The maximum Gasteiger partial charge on any atom is 0.251 e. The number of rotatable bonds is 17. The molecule has 0 radical (unpaired) electrons. The summed E-state index contributed by atoms with van der Waals surface area (Å²) in [4.78, 5) is 33.5. The monoisotopic (exact) mass is 1510 g/mol. The molecule has 12 saturated carbocycles. The van der Waals surface area contributed by atoms with Gasteiger partial charge in [0.15, 0.2) is 0 Å². The van der Waals surface area contributed by atoms with Gasteiger partial charge in [0.1, 0.15) is 24.6 Å². The minimum Gasteiger partial charge on any atom is -0.388 e. The molecule has 12 atom stereocenters. The number of carbonyl (C=O) groups is 1. The number of alkyl halides is 3. The average molecular weight is 1510 g/mol. The third-order valence-corrected chi connectivity index (χ3v) is 27.3. The van der Waals surface area contributed by atoms with E-state index < -0.39 is 42.9 Å². The highest BCUT2D eigenvalue weighted by atomic mass is 19.1. The van der Waals surface area contributed by atoms with E-state index in [0.29, 0.717) is 66.4 Å². The summed E-state index contributed by atoms with van der Waals surface area (Å²) in [7, 11) is 0. The number of pyridine rings is 5. The number of aliphatic hydroxyl groups is 5. The number of nitrogens with one attached hydrogen (secondary N) is 1. The lowest BCUT2D eigenvalue weighted by atomic mass is 9.62. The summed E-state index contributed by atoms with van der Waals surface area (Å²) in [5.41, 5.74) is 16.6. The van der Waals surface area contributed by atoms with Crippen molar-refractivity contribution in [2.45, 2.75) is 271 Å². The lowest BCUT2D eigenvalue weighted by molar-refractivity contribution is -0.00470. The molecule has 111 heavy (non-hydrogen) atoms. The molecule has 11 aromatic rings. The van der Waals surface area contributed by atoms with Gasteiger partial charge in [0.05, 0.1) is 115 Å². The van der Waals surface area contributed by atoms with Crippen LogP contribution in [0.5, 0.6) is 0 Å². The van der Waals surface area contributed by atoms with Crippen molar-refractivity contribution in [1.82, 2.24) is 52.2 Å². The number of nitrogens with zero attached hydrogens (tertiary/aromatic N) is 10. The lowest BCUT2D eigenvalue weighted by Crippen LogP contribution is -2.35. The molecule has 584 valence electrons. The van der Waals surface area contributed by atoms with Crippen LogP contribution in [-0.4, -0.2) is 103 Å². The zero-order valence-corrected chi connectivity index (χ0v) is 63.7. The zero-order chi connectivity index (χ0) is 75.5. The molecular formula is C91H108F3N11O6. The Balaban J connectivity index is 0.0000000974. The number of hydrogen-bond donors (Lipinski definition) is 6. The molecule has 12 fully saturated rings. The molecule has 20 heteroatoms. The Morgan fingerprint density at radius 3 is 1.06 bits per heavy atom. The van der Waals surface area contributed by atoms with E-state index in [9.17, 15) is 43.5 Å². The first kappa shape index (κ1) is 74.2. The van der Waals surface area contributed by atoms with E-state index in [1.54, 1.807) is 62.2 Å². The highest BCUT2D eigenvalue weighted by molar-refractivity contribution is 5.94. The molecule has 10 heterocycles. The van der Waals surface area contributed by atoms with Crippen molar-refractivity contribution in [3.63, 3.8) is 0 Å². The Hall–Kier alpha value is -8.27. The molecule has 1 aromatic carbocycles. The van der Waals surface area contributed by atoms with Gasteiger partial charge in [-0.1, -0.05) is 82.8 Å². The van der Waals surface area contributed by atoms with Crippen molar-refractivity contribution < 1.29 is 43.5 Å². The van der Waals surface area contributed by atoms with Crippen LogP contribution in [0, 0.1) is 35.5 Å². The predicted molar refractivity (Wildman–Crippen MR) is 421 cm³/mol. The van der Waals surface area contributed by atoms with Crippen LogP contribution in [0.1, 0.15) is 318 Å². The summed E-state index contributed by atoms with van der Waals surface area (Å²) in [6, 6.07) is 17.9. The topological polar surface area (TPSA) is 217 Å². The van der Waals surface area contributed by atoms with Crippen LogP contribution in [0.2, 0.25) is 0 Å². The second-order valence-corrected chi connectivity index (χ2v) is 34.9. The van der Waals surface area contributed by atoms with Crippen molar-refractivity contribution in [2.24, 2.45) is 35.5 Å². The summed E-state index contributed by atoms with van der Waals surface area (Å²) in [6.07, 6.45) is 55.9. The van der Waals surface area contributed by atoms with Gasteiger partial charge in [0.25, 0.3) is 5.91 Å². The Labute approximate surface area is 647 Å². The lowest BCUT2D eigenvalue weighted by Gasteiger charge is -2.44. The van der Waals surface area contributed by atoms with Crippen LogP contribution in [-0.2, 0) is 0 Å². The van der Waals surface area contributed by atoms with Gasteiger partial charge in [-0.15, -0.1) is 0 Å². The standard InChI is InChI=1S/C21H21N3O2.C19H24N2O.3C17H21FN2O/c25-20(14-2-1-3-15(10-14)21(26)23-16-6-7-16)19-17(13-4-5-13)8-9-24-12-22-11-18(19)24;22-19(16-9-12-1-3-14(16)4-2-12)18-15(13-5-6-13)7-8-21-11-20-10-17(18)21;3*18-14-8-13(14)12-6-7-20-10-19-9-15(20)16(12)17(21)11-4-2-1-3-5-11/h1-3,8-13,16,20,25H,4-7H2,(H,23,26);7-8,10-14,16,19,22H,1-6,9H2;3*6-7,9-11,13-14,17,21H,1-5,8H2/t;;13-,14+,17?;2*13-,14-,17?/m..111/s1. The van der Waals surface area contributed by atoms with Gasteiger partial charge in [0.2, 0.25) is 0 Å². The fourth-order valence-corrected chi connectivity index (χ4v) is 20.3. The van der Waals surface area contributed by atoms with Gasteiger partial charge in [-0.25, -0.2) is 38.1 Å². The molecule has 0 aliphatic heterocycles. The number of aliphatic hydroxyl groups excluding tert-OH is 5. The van der Waals surface area contributed by atoms with E-state index in [1.165, 1.54) is 119 Å². The molecule has 12 aliphatic rings. The minimum atomic E-state index is -0.778. The Bertz CT molecular complexity index is 4800. The van der Waals surface area contributed by atoms with E-state index in [0.717, 1.165) is 148 Å². The normalized spacial score (nSPS) is 26.5. The second-order valence-electron chi connectivity index (χ2n) is 34.9. The fourth-order valence-electron chi connectivity index (χ4n) is 20.3.